The zero-order valence-electron chi connectivity index (χ0n) is 8.41. The van der Waals surface area contributed by atoms with E-state index in [1.165, 1.54) is 5.56 Å². The van der Waals surface area contributed by atoms with Gasteiger partial charge >= 0.3 is 0 Å². The lowest BCUT2D eigenvalue weighted by molar-refractivity contribution is -0.706. The summed E-state index contributed by atoms with van der Waals surface area (Å²) in [5.74, 6) is 0. The van der Waals surface area contributed by atoms with Crippen molar-refractivity contribution in [2.45, 2.75) is 25.9 Å². The van der Waals surface area contributed by atoms with Crippen LogP contribution in [-0.2, 0) is 6.54 Å². The molecule has 2 nitrogen and oxygen atoms in total. The minimum atomic E-state index is 0.240. The molecule has 0 aliphatic heterocycles. The third kappa shape index (κ3) is 3.66. The molecule has 1 aromatic carbocycles. The van der Waals surface area contributed by atoms with Gasteiger partial charge in [-0.15, -0.1) is 0 Å². The summed E-state index contributed by atoms with van der Waals surface area (Å²) in [5, 5.41) is 11.9. The highest BCUT2D eigenvalue weighted by Gasteiger charge is 2.06. The zero-order valence-corrected chi connectivity index (χ0v) is 9.17. The zero-order chi connectivity index (χ0) is 10.4. The Morgan fingerprint density at radius 2 is 2.00 bits per heavy atom. The number of aliphatic hydroxyl groups is 1. The molecule has 0 saturated heterocycles. The largest absolute Gasteiger partial charge is 0.390 e. The molecule has 3 heteroatoms. The van der Waals surface area contributed by atoms with Crippen LogP contribution in [0.15, 0.2) is 24.3 Å². The van der Waals surface area contributed by atoms with E-state index in [1.807, 2.05) is 24.3 Å². The first-order chi connectivity index (χ1) is 6.76. The van der Waals surface area contributed by atoms with Gasteiger partial charge in [0.1, 0.15) is 12.6 Å². The van der Waals surface area contributed by atoms with Crippen molar-refractivity contribution in [2.75, 3.05) is 6.61 Å². The Morgan fingerprint density at radius 1 is 1.36 bits per heavy atom. The van der Waals surface area contributed by atoms with E-state index in [0.29, 0.717) is 6.04 Å². The van der Waals surface area contributed by atoms with Gasteiger partial charge in [0, 0.05) is 10.6 Å². The van der Waals surface area contributed by atoms with Crippen molar-refractivity contribution in [1.82, 2.24) is 0 Å². The second-order valence-electron chi connectivity index (χ2n) is 3.42. The summed E-state index contributed by atoms with van der Waals surface area (Å²) in [6, 6.07) is 8.13. The fourth-order valence-corrected chi connectivity index (χ4v) is 1.42. The number of hydrogen-bond donors (Lipinski definition) is 2. The molecule has 0 bridgehead atoms. The average molecular weight is 215 g/mol. The van der Waals surface area contributed by atoms with E-state index < -0.39 is 0 Å². The first-order valence-electron chi connectivity index (χ1n) is 4.95. The Morgan fingerprint density at radius 3 is 2.50 bits per heavy atom. The Bertz CT molecular complexity index is 256. The average Bonchev–Trinajstić information content (AvgIpc) is 2.22. The van der Waals surface area contributed by atoms with Gasteiger partial charge in [-0.2, -0.15) is 0 Å². The molecule has 0 aliphatic carbocycles. The van der Waals surface area contributed by atoms with Gasteiger partial charge in [0.2, 0.25) is 0 Å². The van der Waals surface area contributed by atoms with E-state index in [4.69, 9.17) is 16.7 Å². The number of aliphatic hydroxyl groups excluding tert-OH is 1. The van der Waals surface area contributed by atoms with E-state index in [0.717, 1.165) is 18.0 Å². The summed E-state index contributed by atoms with van der Waals surface area (Å²) in [5.41, 5.74) is 1.24. The first kappa shape index (κ1) is 11.5. The van der Waals surface area contributed by atoms with Crippen LogP contribution in [-0.4, -0.2) is 17.8 Å². The molecular weight excluding hydrogens is 198 g/mol. The Labute approximate surface area is 89.9 Å². The molecule has 1 rings (SSSR count). The SMILES string of the molecule is CC[C@H](CO)[NH2+]Cc1ccc(Cl)cc1. The number of rotatable bonds is 5. The third-order valence-electron chi connectivity index (χ3n) is 2.36. The monoisotopic (exact) mass is 214 g/mol. The molecule has 0 amide bonds. The van der Waals surface area contributed by atoms with E-state index in [9.17, 15) is 0 Å². The van der Waals surface area contributed by atoms with Crippen molar-refractivity contribution in [3.63, 3.8) is 0 Å². The van der Waals surface area contributed by atoms with Gasteiger partial charge in [0.05, 0.1) is 6.61 Å². The molecule has 1 aromatic rings. The van der Waals surface area contributed by atoms with Gasteiger partial charge in [0.15, 0.2) is 0 Å². The molecule has 3 N–H and O–H groups in total. The number of halogens is 1. The van der Waals surface area contributed by atoms with Crippen LogP contribution in [0.5, 0.6) is 0 Å². The van der Waals surface area contributed by atoms with Crippen molar-refractivity contribution in [1.29, 1.82) is 0 Å². The minimum Gasteiger partial charge on any atom is -0.390 e. The van der Waals surface area contributed by atoms with Gasteiger partial charge in [0.25, 0.3) is 0 Å². The normalized spacial score (nSPS) is 12.8. The van der Waals surface area contributed by atoms with Crippen molar-refractivity contribution in [2.24, 2.45) is 0 Å². The molecule has 0 aliphatic rings. The molecule has 0 saturated carbocycles. The van der Waals surface area contributed by atoms with E-state index in [1.54, 1.807) is 0 Å². The summed E-state index contributed by atoms with van der Waals surface area (Å²) < 4.78 is 0. The number of nitrogens with two attached hydrogens (primary N) is 1. The maximum absolute atomic E-state index is 9.00. The lowest BCUT2D eigenvalue weighted by Gasteiger charge is -2.10. The highest BCUT2D eigenvalue weighted by Crippen LogP contribution is 2.08. The van der Waals surface area contributed by atoms with Crippen molar-refractivity contribution in [3.05, 3.63) is 34.9 Å². The third-order valence-corrected chi connectivity index (χ3v) is 2.61. The standard InChI is InChI=1S/C11H16ClNO/c1-2-11(8-14)13-7-9-3-5-10(12)6-4-9/h3-6,11,13-14H,2,7-8H2,1H3/p+1/t11-/m1/s1. The van der Waals surface area contributed by atoms with Crippen molar-refractivity contribution < 1.29 is 10.4 Å². The summed E-state index contributed by atoms with van der Waals surface area (Å²) in [6.07, 6.45) is 0.990. The molecular formula is C11H17ClNO+. The van der Waals surface area contributed by atoms with Crippen LogP contribution in [0, 0.1) is 0 Å². The maximum Gasteiger partial charge on any atom is 0.109 e. The number of hydrogen-bond acceptors (Lipinski definition) is 1. The van der Waals surface area contributed by atoms with E-state index >= 15 is 0 Å². The predicted octanol–water partition coefficient (Wildman–Crippen LogP) is 1.17. The molecule has 0 fully saturated rings. The van der Waals surface area contributed by atoms with E-state index in [2.05, 4.69) is 12.2 Å². The number of benzene rings is 1. The quantitative estimate of drug-likeness (QED) is 0.759. The number of quaternary nitrogens is 1. The van der Waals surface area contributed by atoms with Crippen LogP contribution in [0.3, 0.4) is 0 Å². The van der Waals surface area contributed by atoms with Gasteiger partial charge in [-0.1, -0.05) is 30.7 Å². The molecule has 0 unspecified atom stereocenters. The summed E-state index contributed by atoms with van der Waals surface area (Å²) in [7, 11) is 0. The second kappa shape index (κ2) is 6.02. The van der Waals surface area contributed by atoms with Crippen LogP contribution < -0.4 is 5.32 Å². The molecule has 0 spiro atoms. The molecule has 0 aromatic heterocycles. The van der Waals surface area contributed by atoms with Gasteiger partial charge in [-0.25, -0.2) is 0 Å². The van der Waals surface area contributed by atoms with E-state index in [-0.39, 0.29) is 6.61 Å². The molecule has 1 atom stereocenters. The Balaban J connectivity index is 2.41. The minimum absolute atomic E-state index is 0.240. The summed E-state index contributed by atoms with van der Waals surface area (Å²) >= 11 is 5.78. The lowest BCUT2D eigenvalue weighted by atomic mass is 10.2. The highest BCUT2D eigenvalue weighted by molar-refractivity contribution is 6.30. The fourth-order valence-electron chi connectivity index (χ4n) is 1.29. The molecule has 14 heavy (non-hydrogen) atoms. The topological polar surface area (TPSA) is 36.8 Å². The molecule has 0 heterocycles. The van der Waals surface area contributed by atoms with Crippen LogP contribution >= 0.6 is 11.6 Å². The molecule has 78 valence electrons. The van der Waals surface area contributed by atoms with Crippen LogP contribution in [0.25, 0.3) is 0 Å². The Kier molecular flexibility index (Phi) is 4.94. The van der Waals surface area contributed by atoms with Crippen LogP contribution in [0.1, 0.15) is 18.9 Å². The molecule has 0 radical (unpaired) electrons. The summed E-state index contributed by atoms with van der Waals surface area (Å²) in [4.78, 5) is 0. The van der Waals surface area contributed by atoms with Crippen molar-refractivity contribution in [3.8, 4) is 0 Å². The van der Waals surface area contributed by atoms with Crippen molar-refractivity contribution >= 4 is 11.6 Å². The highest BCUT2D eigenvalue weighted by atomic mass is 35.5. The van der Waals surface area contributed by atoms with Crippen LogP contribution in [0.4, 0.5) is 0 Å². The first-order valence-corrected chi connectivity index (χ1v) is 5.32. The maximum atomic E-state index is 9.00. The Hall–Kier alpha value is -0.570. The smallest absolute Gasteiger partial charge is 0.109 e. The van der Waals surface area contributed by atoms with Gasteiger partial charge in [-0.05, 0) is 18.6 Å². The fraction of sp³-hybridized carbons (Fsp3) is 0.455. The predicted molar refractivity (Wildman–Crippen MR) is 58.2 cm³/mol. The van der Waals surface area contributed by atoms with Crippen LogP contribution in [0.2, 0.25) is 5.02 Å². The van der Waals surface area contributed by atoms with Gasteiger partial charge in [-0.3, -0.25) is 0 Å². The lowest BCUT2D eigenvalue weighted by Crippen LogP contribution is -2.89. The second-order valence-corrected chi connectivity index (χ2v) is 3.85. The summed E-state index contributed by atoms with van der Waals surface area (Å²) in [6.45, 7) is 3.22. The van der Waals surface area contributed by atoms with Gasteiger partial charge < -0.3 is 10.4 Å².